The first kappa shape index (κ1) is 12.9. The molecule has 90 valence electrons. The summed E-state index contributed by atoms with van der Waals surface area (Å²) in [6.07, 6.45) is 7.41. The lowest BCUT2D eigenvalue weighted by Gasteiger charge is -2.28. The molecule has 1 rings (SSSR count). The van der Waals surface area contributed by atoms with Crippen LogP contribution in [-0.4, -0.2) is 42.8 Å². The molecular weight excluding hydrogens is 188 g/mol. The van der Waals surface area contributed by atoms with Gasteiger partial charge in [0.1, 0.15) is 0 Å². The second-order valence-corrected chi connectivity index (χ2v) is 4.96. The molecule has 0 aromatic carbocycles. The molecule has 3 nitrogen and oxygen atoms in total. The summed E-state index contributed by atoms with van der Waals surface area (Å²) in [5.74, 6) is 0.855. The molecular formula is C12H26N2O. The van der Waals surface area contributed by atoms with Gasteiger partial charge in [-0.1, -0.05) is 19.3 Å². The van der Waals surface area contributed by atoms with E-state index in [0.717, 1.165) is 25.4 Å². The molecule has 3 N–H and O–H groups in total. The molecule has 1 atom stereocenters. The molecule has 1 aliphatic carbocycles. The van der Waals surface area contributed by atoms with Crippen molar-refractivity contribution in [2.24, 2.45) is 11.7 Å². The second-order valence-electron chi connectivity index (χ2n) is 4.96. The third-order valence-electron chi connectivity index (χ3n) is 3.32. The van der Waals surface area contributed by atoms with E-state index in [9.17, 15) is 5.11 Å². The van der Waals surface area contributed by atoms with Gasteiger partial charge in [0, 0.05) is 13.1 Å². The highest BCUT2D eigenvalue weighted by Gasteiger charge is 2.16. The van der Waals surface area contributed by atoms with Crippen LogP contribution in [0.25, 0.3) is 0 Å². The third kappa shape index (κ3) is 5.50. The van der Waals surface area contributed by atoms with Gasteiger partial charge in [0.2, 0.25) is 0 Å². The number of rotatable bonds is 6. The number of likely N-dealkylation sites (N-methyl/N-ethyl adjacent to an activating group) is 1. The van der Waals surface area contributed by atoms with Crippen LogP contribution in [0.3, 0.4) is 0 Å². The lowest BCUT2D eigenvalue weighted by atomic mass is 9.89. The van der Waals surface area contributed by atoms with Gasteiger partial charge in [0.05, 0.1) is 6.10 Å². The average Bonchev–Trinajstić information content (AvgIpc) is 2.19. The van der Waals surface area contributed by atoms with Crippen LogP contribution in [0.4, 0.5) is 0 Å². The minimum atomic E-state index is -0.247. The van der Waals surface area contributed by atoms with Crippen LogP contribution in [-0.2, 0) is 0 Å². The third-order valence-corrected chi connectivity index (χ3v) is 3.32. The molecule has 1 unspecified atom stereocenters. The zero-order chi connectivity index (χ0) is 11.1. The predicted molar refractivity (Wildman–Crippen MR) is 63.8 cm³/mol. The molecule has 1 aliphatic rings. The SMILES string of the molecule is CN(CC(O)CCN)CC1CCCCC1. The maximum absolute atomic E-state index is 9.63. The lowest BCUT2D eigenvalue weighted by Crippen LogP contribution is -2.34. The maximum Gasteiger partial charge on any atom is 0.0679 e. The van der Waals surface area contributed by atoms with Crippen LogP contribution < -0.4 is 5.73 Å². The number of hydrogen-bond donors (Lipinski definition) is 2. The van der Waals surface area contributed by atoms with Crippen molar-refractivity contribution >= 4 is 0 Å². The maximum atomic E-state index is 9.63. The Morgan fingerprint density at radius 2 is 2.00 bits per heavy atom. The number of aliphatic hydroxyl groups is 1. The standard InChI is InChI=1S/C12H26N2O/c1-14(10-12(15)7-8-13)9-11-5-3-2-4-6-11/h11-12,15H,2-10,13H2,1H3. The zero-order valence-electron chi connectivity index (χ0n) is 9.99. The summed E-state index contributed by atoms with van der Waals surface area (Å²) in [4.78, 5) is 2.26. The molecule has 0 amide bonds. The molecule has 15 heavy (non-hydrogen) atoms. The van der Waals surface area contributed by atoms with E-state index in [2.05, 4.69) is 11.9 Å². The van der Waals surface area contributed by atoms with Gasteiger partial charge in [0.15, 0.2) is 0 Å². The Balaban J connectivity index is 2.13. The van der Waals surface area contributed by atoms with Crippen molar-refractivity contribution in [1.29, 1.82) is 0 Å². The number of aliphatic hydroxyl groups excluding tert-OH is 1. The lowest BCUT2D eigenvalue weighted by molar-refractivity contribution is 0.107. The molecule has 0 heterocycles. The van der Waals surface area contributed by atoms with Gasteiger partial charge in [-0.3, -0.25) is 0 Å². The second kappa shape index (κ2) is 7.20. The van der Waals surface area contributed by atoms with Crippen LogP contribution in [0, 0.1) is 5.92 Å². The molecule has 0 spiro atoms. The monoisotopic (exact) mass is 214 g/mol. The van der Waals surface area contributed by atoms with E-state index in [4.69, 9.17) is 5.73 Å². The van der Waals surface area contributed by atoms with Crippen LogP contribution in [0.1, 0.15) is 38.5 Å². The predicted octanol–water partition coefficient (Wildman–Crippen LogP) is 1.21. The Kier molecular flexibility index (Phi) is 6.22. The fourth-order valence-corrected chi connectivity index (χ4v) is 2.53. The fraction of sp³-hybridized carbons (Fsp3) is 1.00. The normalized spacial score (nSPS) is 20.8. The molecule has 1 saturated carbocycles. The average molecular weight is 214 g/mol. The number of nitrogens with zero attached hydrogens (tertiary/aromatic N) is 1. The molecule has 0 aliphatic heterocycles. The van der Waals surface area contributed by atoms with E-state index in [1.165, 1.54) is 32.1 Å². The van der Waals surface area contributed by atoms with Gasteiger partial charge in [-0.15, -0.1) is 0 Å². The van der Waals surface area contributed by atoms with Crippen molar-refractivity contribution in [3.63, 3.8) is 0 Å². The molecule has 0 aromatic rings. The highest BCUT2D eigenvalue weighted by molar-refractivity contribution is 4.70. The van der Waals surface area contributed by atoms with Crippen molar-refractivity contribution < 1.29 is 5.11 Å². The summed E-state index contributed by atoms with van der Waals surface area (Å²) < 4.78 is 0. The molecule has 0 aromatic heterocycles. The topological polar surface area (TPSA) is 49.5 Å². The summed E-state index contributed by atoms with van der Waals surface area (Å²) in [6.45, 7) is 2.49. The summed E-state index contributed by atoms with van der Waals surface area (Å²) in [5.41, 5.74) is 5.41. The van der Waals surface area contributed by atoms with Gasteiger partial charge >= 0.3 is 0 Å². The van der Waals surface area contributed by atoms with Gasteiger partial charge in [0.25, 0.3) is 0 Å². The van der Waals surface area contributed by atoms with Crippen molar-refractivity contribution in [2.75, 3.05) is 26.7 Å². The molecule has 0 saturated heterocycles. The first-order valence-corrected chi connectivity index (χ1v) is 6.29. The molecule has 0 bridgehead atoms. The summed E-state index contributed by atoms with van der Waals surface area (Å²) in [6, 6.07) is 0. The van der Waals surface area contributed by atoms with E-state index in [-0.39, 0.29) is 6.10 Å². The highest BCUT2D eigenvalue weighted by Crippen LogP contribution is 2.24. The van der Waals surface area contributed by atoms with Crippen molar-refractivity contribution in [1.82, 2.24) is 4.90 Å². The van der Waals surface area contributed by atoms with Gasteiger partial charge in [-0.05, 0) is 38.8 Å². The summed E-state index contributed by atoms with van der Waals surface area (Å²) >= 11 is 0. The van der Waals surface area contributed by atoms with Crippen molar-refractivity contribution in [2.45, 2.75) is 44.6 Å². The Hall–Kier alpha value is -0.120. The van der Waals surface area contributed by atoms with Gasteiger partial charge in [-0.2, -0.15) is 0 Å². The Morgan fingerprint density at radius 1 is 1.33 bits per heavy atom. The smallest absolute Gasteiger partial charge is 0.0679 e. The number of hydrogen-bond acceptors (Lipinski definition) is 3. The Bertz CT molecular complexity index is 158. The molecule has 0 radical (unpaired) electrons. The first-order chi connectivity index (χ1) is 7.22. The van der Waals surface area contributed by atoms with Crippen LogP contribution in [0.5, 0.6) is 0 Å². The van der Waals surface area contributed by atoms with Crippen LogP contribution >= 0.6 is 0 Å². The Morgan fingerprint density at radius 3 is 2.60 bits per heavy atom. The van der Waals surface area contributed by atoms with Gasteiger partial charge in [-0.25, -0.2) is 0 Å². The van der Waals surface area contributed by atoms with E-state index in [1.54, 1.807) is 0 Å². The van der Waals surface area contributed by atoms with E-state index >= 15 is 0 Å². The highest BCUT2D eigenvalue weighted by atomic mass is 16.3. The van der Waals surface area contributed by atoms with Crippen molar-refractivity contribution in [3.8, 4) is 0 Å². The first-order valence-electron chi connectivity index (χ1n) is 6.29. The Labute approximate surface area is 93.6 Å². The quantitative estimate of drug-likeness (QED) is 0.698. The molecule has 3 heteroatoms. The van der Waals surface area contributed by atoms with Crippen LogP contribution in [0.15, 0.2) is 0 Å². The fourth-order valence-electron chi connectivity index (χ4n) is 2.53. The van der Waals surface area contributed by atoms with Crippen molar-refractivity contribution in [3.05, 3.63) is 0 Å². The minimum Gasteiger partial charge on any atom is -0.392 e. The zero-order valence-corrected chi connectivity index (χ0v) is 9.99. The van der Waals surface area contributed by atoms with Crippen LogP contribution in [0.2, 0.25) is 0 Å². The summed E-state index contributed by atoms with van der Waals surface area (Å²) in [5, 5.41) is 9.63. The summed E-state index contributed by atoms with van der Waals surface area (Å²) in [7, 11) is 2.11. The van der Waals surface area contributed by atoms with Gasteiger partial charge < -0.3 is 15.7 Å². The van der Waals surface area contributed by atoms with E-state index < -0.39 is 0 Å². The molecule has 1 fully saturated rings. The van der Waals surface area contributed by atoms with E-state index in [1.807, 2.05) is 0 Å². The van der Waals surface area contributed by atoms with E-state index in [0.29, 0.717) is 6.54 Å². The minimum absolute atomic E-state index is 0.247. The largest absolute Gasteiger partial charge is 0.392 e. The number of nitrogens with two attached hydrogens (primary N) is 1.